The third kappa shape index (κ3) is 8.10. The van der Waals surface area contributed by atoms with E-state index in [-0.39, 0.29) is 79.5 Å². The standard InChI is InChI=1S/C36H60N4O8/c1-5-23(8-10-42)34(45)48-35(2,3)36(16-26-13-31(37)39-19-28(26)14-32(43)40-20-22(21-40)18-38-4)17-27-12-25-11-24(7-6-9-41)33(44)46-29(25)15-30(27)47-36/h5,22,24-31,38-39,41-42H,6-21,37H2,1-4H3/p+2. The number of nitrogens with zero attached hydrogens (tertiary/aromatic N) is 1. The summed E-state index contributed by atoms with van der Waals surface area (Å²) in [5.74, 6) is 0.564. The van der Waals surface area contributed by atoms with Crippen LogP contribution in [0.2, 0.25) is 0 Å². The van der Waals surface area contributed by atoms with Gasteiger partial charge in [-0.25, -0.2) is 4.79 Å². The van der Waals surface area contributed by atoms with E-state index in [1.165, 1.54) is 0 Å². The lowest BCUT2D eigenvalue weighted by Crippen LogP contribution is -2.96. The molecule has 0 bridgehead atoms. The van der Waals surface area contributed by atoms with Crippen molar-refractivity contribution < 1.29 is 49.4 Å². The van der Waals surface area contributed by atoms with Crippen LogP contribution in [0.15, 0.2) is 11.6 Å². The number of esters is 2. The van der Waals surface area contributed by atoms with E-state index in [4.69, 9.17) is 19.9 Å². The molecule has 1 aliphatic carbocycles. The molecule has 0 aromatic carbocycles. The summed E-state index contributed by atoms with van der Waals surface area (Å²) in [5, 5.41) is 23.2. The van der Waals surface area contributed by atoms with E-state index in [1.54, 1.807) is 13.0 Å². The first kappa shape index (κ1) is 37.2. The number of hydrogen-bond donors (Lipinski definition) is 5. The second kappa shape index (κ2) is 15.9. The van der Waals surface area contributed by atoms with Gasteiger partial charge in [-0.3, -0.25) is 15.3 Å². The number of carbonyl (C=O) groups is 3. The lowest BCUT2D eigenvalue weighted by atomic mass is 9.66. The number of ether oxygens (including phenoxy) is 3. The molecule has 9 atom stereocenters. The molecule has 9 unspecified atom stereocenters. The number of aliphatic hydroxyl groups excluding tert-OH is 2. The van der Waals surface area contributed by atoms with Crippen LogP contribution < -0.4 is 16.4 Å². The van der Waals surface area contributed by atoms with Crippen LogP contribution in [0, 0.1) is 35.5 Å². The molecule has 8 N–H and O–H groups in total. The quantitative estimate of drug-likeness (QED) is 0.123. The number of allylic oxidation sites excluding steroid dienone is 1. The molecule has 4 heterocycles. The number of carbonyl (C=O) groups excluding carboxylic acids is 3. The van der Waals surface area contributed by atoms with Gasteiger partial charge in [0.15, 0.2) is 0 Å². The van der Waals surface area contributed by atoms with Gasteiger partial charge in [-0.1, -0.05) is 6.08 Å². The minimum Gasteiger partial charge on any atom is -0.462 e. The number of aliphatic hydroxyl groups is 2. The van der Waals surface area contributed by atoms with Gasteiger partial charge in [-0.15, -0.1) is 0 Å². The van der Waals surface area contributed by atoms with Gasteiger partial charge >= 0.3 is 11.9 Å². The fourth-order valence-electron chi connectivity index (χ4n) is 9.45. The van der Waals surface area contributed by atoms with Crippen LogP contribution in [0.3, 0.4) is 0 Å². The van der Waals surface area contributed by atoms with Crippen molar-refractivity contribution in [3.63, 3.8) is 0 Å². The molecular formula is C36H62N4O8+2. The average molecular weight is 679 g/mol. The van der Waals surface area contributed by atoms with E-state index in [0.29, 0.717) is 50.0 Å². The first-order valence-electron chi connectivity index (χ1n) is 18.6. The molecule has 0 aromatic rings. The topological polar surface area (TPSA) is 182 Å². The van der Waals surface area contributed by atoms with E-state index >= 15 is 0 Å². The van der Waals surface area contributed by atoms with Gasteiger partial charge in [0.2, 0.25) is 5.91 Å². The van der Waals surface area contributed by atoms with Crippen molar-refractivity contribution in [3.05, 3.63) is 11.6 Å². The van der Waals surface area contributed by atoms with Gasteiger partial charge in [0.05, 0.1) is 32.2 Å². The van der Waals surface area contributed by atoms with Crippen LogP contribution >= 0.6 is 0 Å². The highest BCUT2D eigenvalue weighted by Gasteiger charge is 2.61. The van der Waals surface area contributed by atoms with Gasteiger partial charge < -0.3 is 40.0 Å². The molecule has 0 aromatic heterocycles. The maximum absolute atomic E-state index is 13.5. The zero-order valence-electron chi connectivity index (χ0n) is 29.6. The van der Waals surface area contributed by atoms with Crippen LogP contribution in [0.25, 0.3) is 0 Å². The largest absolute Gasteiger partial charge is 0.462 e. The number of hydrogen-bond acceptors (Lipinski definition) is 9. The minimum absolute atomic E-state index is 0.0608. The summed E-state index contributed by atoms with van der Waals surface area (Å²) in [6.07, 6.45) is 7.39. The first-order valence-corrected chi connectivity index (χ1v) is 18.6. The summed E-state index contributed by atoms with van der Waals surface area (Å²) in [6.45, 7) is 8.98. The van der Waals surface area contributed by atoms with Gasteiger partial charge in [0.25, 0.3) is 0 Å². The number of quaternary nitrogens is 2. The maximum atomic E-state index is 13.5. The molecule has 0 radical (unpaired) electrons. The smallest absolute Gasteiger partial charge is 0.334 e. The van der Waals surface area contributed by atoms with E-state index in [2.05, 4.69) is 17.7 Å². The molecule has 4 saturated heterocycles. The molecule has 4 aliphatic heterocycles. The second-order valence-corrected chi connectivity index (χ2v) is 15.9. The molecule has 12 heteroatoms. The van der Waals surface area contributed by atoms with Crippen LogP contribution in [0.5, 0.6) is 0 Å². The lowest BCUT2D eigenvalue weighted by molar-refractivity contribution is -0.706. The van der Waals surface area contributed by atoms with E-state index in [0.717, 1.165) is 45.4 Å². The summed E-state index contributed by atoms with van der Waals surface area (Å²) in [5.41, 5.74) is 5.10. The first-order chi connectivity index (χ1) is 22.9. The number of nitrogens with two attached hydrogens (primary N) is 3. The van der Waals surface area contributed by atoms with E-state index < -0.39 is 17.2 Å². The zero-order chi connectivity index (χ0) is 34.6. The molecule has 5 rings (SSSR count). The Hall–Kier alpha value is -2.09. The average Bonchev–Trinajstić information content (AvgIpc) is 3.38. The third-order valence-electron chi connectivity index (χ3n) is 12.3. The van der Waals surface area contributed by atoms with Gasteiger partial charge in [-0.2, -0.15) is 0 Å². The van der Waals surface area contributed by atoms with Crippen molar-refractivity contribution in [3.8, 4) is 0 Å². The molecule has 272 valence electrons. The van der Waals surface area contributed by atoms with Crippen LogP contribution in [0.4, 0.5) is 0 Å². The second-order valence-electron chi connectivity index (χ2n) is 15.9. The van der Waals surface area contributed by atoms with Crippen LogP contribution in [-0.2, 0) is 28.6 Å². The molecule has 5 fully saturated rings. The highest BCUT2D eigenvalue weighted by atomic mass is 16.6. The van der Waals surface area contributed by atoms with Gasteiger partial charge in [-0.05, 0) is 77.0 Å². The molecule has 1 saturated carbocycles. The number of amides is 1. The Labute approximate surface area is 285 Å². The molecule has 1 amide bonds. The molecule has 5 aliphatic rings. The van der Waals surface area contributed by atoms with Crippen molar-refractivity contribution in [1.29, 1.82) is 0 Å². The predicted octanol–water partition coefficient (Wildman–Crippen LogP) is -0.189. The van der Waals surface area contributed by atoms with Gasteiger partial charge in [0, 0.05) is 69.4 Å². The van der Waals surface area contributed by atoms with Crippen LogP contribution in [-0.4, -0.2) is 109 Å². The summed E-state index contributed by atoms with van der Waals surface area (Å²) < 4.78 is 19.5. The third-order valence-corrected chi connectivity index (χ3v) is 12.3. The minimum atomic E-state index is -1.03. The number of likely N-dealkylation sites (tertiary alicyclic amines) is 1. The van der Waals surface area contributed by atoms with Crippen molar-refractivity contribution >= 4 is 17.8 Å². The Kier molecular flexibility index (Phi) is 12.3. The zero-order valence-corrected chi connectivity index (χ0v) is 29.6. The monoisotopic (exact) mass is 678 g/mol. The Morgan fingerprint density at radius 3 is 2.58 bits per heavy atom. The normalized spacial score (nSPS) is 35.8. The van der Waals surface area contributed by atoms with E-state index in [1.807, 2.05) is 18.7 Å². The Bertz CT molecular complexity index is 1170. The Morgan fingerprint density at radius 1 is 1.12 bits per heavy atom. The van der Waals surface area contributed by atoms with Crippen molar-refractivity contribution in [2.75, 3.05) is 46.4 Å². The fourth-order valence-corrected chi connectivity index (χ4v) is 9.45. The number of rotatable bonds is 14. The Morgan fingerprint density at radius 2 is 1.90 bits per heavy atom. The number of fused-ring (bicyclic) bond motifs is 2. The fraction of sp³-hybridized carbons (Fsp3) is 0.861. The maximum Gasteiger partial charge on any atom is 0.334 e. The molecule has 48 heavy (non-hydrogen) atoms. The molecule has 0 spiro atoms. The van der Waals surface area contributed by atoms with E-state index in [9.17, 15) is 24.6 Å². The predicted molar refractivity (Wildman–Crippen MR) is 177 cm³/mol. The number of piperidine rings is 1. The van der Waals surface area contributed by atoms with Crippen LogP contribution in [0.1, 0.15) is 85.0 Å². The summed E-state index contributed by atoms with van der Waals surface area (Å²) in [7, 11) is 2.06. The SMILES string of the molecule is CC=C(CCO)C(=O)OC(C)(C)C1(CC2CC(N)[NH2+]CC2CC(=O)N2CC(C[NH2+]C)C2)CC2CC3CC(CCCO)C(=O)OC3CC2O1. The van der Waals surface area contributed by atoms with Crippen molar-refractivity contribution in [2.45, 2.75) is 115 Å². The molecular weight excluding hydrogens is 616 g/mol. The summed E-state index contributed by atoms with van der Waals surface area (Å²) in [6, 6.07) is 0. The van der Waals surface area contributed by atoms with Crippen molar-refractivity contribution in [2.24, 2.45) is 41.2 Å². The van der Waals surface area contributed by atoms with Gasteiger partial charge in [0.1, 0.15) is 23.5 Å². The Balaban J connectivity index is 1.38. The highest BCUT2D eigenvalue weighted by molar-refractivity contribution is 5.88. The van der Waals surface area contributed by atoms with Crippen molar-refractivity contribution in [1.82, 2.24) is 4.90 Å². The summed E-state index contributed by atoms with van der Waals surface area (Å²) in [4.78, 5) is 41.8. The summed E-state index contributed by atoms with van der Waals surface area (Å²) >= 11 is 0. The lowest BCUT2D eigenvalue weighted by Gasteiger charge is -2.47. The molecule has 12 nitrogen and oxygen atoms in total. The highest BCUT2D eigenvalue weighted by Crippen LogP contribution is 2.55.